The fourth-order valence-corrected chi connectivity index (χ4v) is 4.51. The second-order valence-corrected chi connectivity index (χ2v) is 8.21. The maximum absolute atomic E-state index is 6.29. The Balaban J connectivity index is 1.43. The highest BCUT2D eigenvalue weighted by atomic mass is 16.5. The quantitative estimate of drug-likeness (QED) is 0.585. The first-order valence-corrected chi connectivity index (χ1v) is 11.3. The molecule has 0 spiro atoms. The second kappa shape index (κ2) is 10.3. The summed E-state index contributed by atoms with van der Waals surface area (Å²) in [4.78, 5) is 7.28. The zero-order valence-electron chi connectivity index (χ0n) is 17.6. The van der Waals surface area contributed by atoms with Gasteiger partial charge in [0.1, 0.15) is 11.9 Å². The minimum Gasteiger partial charge on any atom is -0.490 e. The van der Waals surface area contributed by atoms with E-state index in [1.807, 2.05) is 0 Å². The summed E-state index contributed by atoms with van der Waals surface area (Å²) in [5, 5.41) is 3.47. The van der Waals surface area contributed by atoms with E-state index in [9.17, 15) is 0 Å². The van der Waals surface area contributed by atoms with Crippen LogP contribution in [-0.2, 0) is 16.0 Å². The van der Waals surface area contributed by atoms with Crippen LogP contribution in [0.5, 0.6) is 5.75 Å². The van der Waals surface area contributed by atoms with Gasteiger partial charge in [-0.2, -0.15) is 0 Å². The van der Waals surface area contributed by atoms with Crippen LogP contribution in [0.3, 0.4) is 0 Å². The molecule has 0 aromatic heterocycles. The smallest absolute Gasteiger partial charge is 0.194 e. The zero-order chi connectivity index (χ0) is 19.9. The number of para-hydroxylation sites is 1. The van der Waals surface area contributed by atoms with Crippen molar-refractivity contribution in [1.82, 2.24) is 10.2 Å². The van der Waals surface area contributed by atoms with Gasteiger partial charge >= 0.3 is 0 Å². The lowest BCUT2D eigenvalue weighted by molar-refractivity contribution is -0.0817. The summed E-state index contributed by atoms with van der Waals surface area (Å²) in [6.07, 6.45) is 7.83. The van der Waals surface area contributed by atoms with E-state index in [1.165, 1.54) is 25.7 Å². The third-order valence-electron chi connectivity index (χ3n) is 6.08. The summed E-state index contributed by atoms with van der Waals surface area (Å²) in [7, 11) is 0. The maximum Gasteiger partial charge on any atom is 0.194 e. The van der Waals surface area contributed by atoms with Crippen molar-refractivity contribution in [2.24, 2.45) is 4.99 Å². The lowest BCUT2D eigenvalue weighted by Gasteiger charge is -2.37. The molecule has 0 bridgehead atoms. The van der Waals surface area contributed by atoms with E-state index < -0.39 is 0 Å². The summed E-state index contributed by atoms with van der Waals surface area (Å²) in [6.45, 7) is 6.84. The van der Waals surface area contributed by atoms with Crippen molar-refractivity contribution in [2.45, 2.75) is 70.3 Å². The Morgan fingerprint density at radius 2 is 1.93 bits per heavy atom. The van der Waals surface area contributed by atoms with Crippen LogP contribution >= 0.6 is 0 Å². The molecule has 3 aliphatic rings. The SMILES string of the molecule is CCNC(=NCc1ccccc1OC1CCCC1)N1CCOC(C2CCCO2)C1. The second-order valence-electron chi connectivity index (χ2n) is 8.21. The third-order valence-corrected chi connectivity index (χ3v) is 6.08. The summed E-state index contributed by atoms with van der Waals surface area (Å²) in [5.74, 6) is 1.94. The molecule has 29 heavy (non-hydrogen) atoms. The van der Waals surface area contributed by atoms with Gasteiger partial charge in [-0.25, -0.2) is 4.99 Å². The van der Waals surface area contributed by atoms with E-state index in [1.54, 1.807) is 0 Å². The monoisotopic (exact) mass is 401 g/mol. The number of hydrogen-bond donors (Lipinski definition) is 1. The normalized spacial score (nSPS) is 26.1. The zero-order valence-corrected chi connectivity index (χ0v) is 17.6. The number of benzene rings is 1. The van der Waals surface area contributed by atoms with Crippen LogP contribution in [0.2, 0.25) is 0 Å². The number of ether oxygens (including phenoxy) is 3. The molecular weight excluding hydrogens is 366 g/mol. The van der Waals surface area contributed by atoms with Crippen molar-refractivity contribution in [1.29, 1.82) is 0 Å². The van der Waals surface area contributed by atoms with Gasteiger partial charge in [-0.1, -0.05) is 18.2 Å². The summed E-state index contributed by atoms with van der Waals surface area (Å²) < 4.78 is 18.2. The molecule has 0 amide bonds. The van der Waals surface area contributed by atoms with E-state index in [2.05, 4.69) is 41.4 Å². The topological polar surface area (TPSA) is 55.3 Å². The Kier molecular flexibility index (Phi) is 7.28. The Labute approximate surface area is 174 Å². The lowest BCUT2D eigenvalue weighted by Crippen LogP contribution is -2.53. The molecule has 3 fully saturated rings. The average molecular weight is 402 g/mol. The summed E-state index contributed by atoms with van der Waals surface area (Å²) in [5.41, 5.74) is 1.15. The number of hydrogen-bond acceptors (Lipinski definition) is 4. The van der Waals surface area contributed by atoms with Gasteiger partial charge in [0.2, 0.25) is 0 Å². The Morgan fingerprint density at radius 1 is 1.10 bits per heavy atom. The Morgan fingerprint density at radius 3 is 2.72 bits per heavy atom. The number of nitrogens with zero attached hydrogens (tertiary/aromatic N) is 2. The molecule has 1 N–H and O–H groups in total. The molecule has 2 saturated heterocycles. The molecular formula is C23H35N3O3. The highest BCUT2D eigenvalue weighted by Crippen LogP contribution is 2.27. The number of aliphatic imine (C=N–C) groups is 1. The minimum absolute atomic E-state index is 0.132. The highest BCUT2D eigenvalue weighted by Gasteiger charge is 2.32. The standard InChI is InChI=1S/C23H35N3O3/c1-2-24-23(26-13-15-28-22(17-26)21-12-7-14-27-21)25-16-18-8-3-6-11-20(18)29-19-9-4-5-10-19/h3,6,8,11,19,21-22H,2,4-5,7,9-10,12-17H2,1H3,(H,24,25). The van der Waals surface area contributed by atoms with Gasteiger partial charge in [-0.15, -0.1) is 0 Å². The number of morpholine rings is 1. The van der Waals surface area contributed by atoms with Crippen molar-refractivity contribution < 1.29 is 14.2 Å². The first kappa shape index (κ1) is 20.5. The molecule has 1 aromatic rings. The molecule has 4 rings (SSSR count). The summed E-state index contributed by atoms with van der Waals surface area (Å²) >= 11 is 0. The molecule has 1 aromatic carbocycles. The molecule has 160 valence electrons. The van der Waals surface area contributed by atoms with Crippen molar-refractivity contribution in [3.63, 3.8) is 0 Å². The van der Waals surface area contributed by atoms with Crippen LogP contribution in [0, 0.1) is 0 Å². The predicted molar refractivity (Wildman–Crippen MR) is 114 cm³/mol. The highest BCUT2D eigenvalue weighted by molar-refractivity contribution is 5.80. The molecule has 2 heterocycles. The molecule has 1 saturated carbocycles. The van der Waals surface area contributed by atoms with Gasteiger partial charge in [0.15, 0.2) is 5.96 Å². The largest absolute Gasteiger partial charge is 0.490 e. The number of guanidine groups is 1. The number of rotatable bonds is 6. The Bertz CT molecular complexity index is 669. The van der Waals surface area contributed by atoms with Crippen LogP contribution in [0.25, 0.3) is 0 Å². The number of nitrogens with one attached hydrogen (secondary N) is 1. The van der Waals surface area contributed by atoms with Crippen LogP contribution in [0.15, 0.2) is 29.3 Å². The van der Waals surface area contributed by atoms with Crippen molar-refractivity contribution in [3.05, 3.63) is 29.8 Å². The lowest BCUT2D eigenvalue weighted by atomic mass is 10.1. The average Bonchev–Trinajstić information content (AvgIpc) is 3.46. The molecule has 1 aliphatic carbocycles. The van der Waals surface area contributed by atoms with E-state index in [0.29, 0.717) is 12.6 Å². The fourth-order valence-electron chi connectivity index (χ4n) is 4.51. The van der Waals surface area contributed by atoms with Gasteiger partial charge in [0.05, 0.1) is 25.4 Å². The van der Waals surface area contributed by atoms with Gasteiger partial charge in [-0.05, 0) is 51.5 Å². The van der Waals surface area contributed by atoms with Crippen molar-refractivity contribution >= 4 is 5.96 Å². The molecule has 0 radical (unpaired) electrons. The van der Waals surface area contributed by atoms with E-state index >= 15 is 0 Å². The molecule has 2 unspecified atom stereocenters. The van der Waals surface area contributed by atoms with Crippen molar-refractivity contribution in [3.8, 4) is 5.75 Å². The third kappa shape index (κ3) is 5.43. The van der Waals surface area contributed by atoms with Crippen LogP contribution in [0.4, 0.5) is 0 Å². The van der Waals surface area contributed by atoms with Gasteiger partial charge < -0.3 is 24.4 Å². The minimum atomic E-state index is 0.132. The first-order valence-electron chi connectivity index (χ1n) is 11.3. The fraction of sp³-hybridized carbons (Fsp3) is 0.696. The van der Waals surface area contributed by atoms with Crippen molar-refractivity contribution in [2.75, 3.05) is 32.8 Å². The Hall–Kier alpha value is -1.79. The first-order chi connectivity index (χ1) is 14.3. The van der Waals surface area contributed by atoms with Gasteiger partial charge in [0.25, 0.3) is 0 Å². The van der Waals surface area contributed by atoms with Crippen LogP contribution in [-0.4, -0.2) is 62.0 Å². The van der Waals surface area contributed by atoms with Crippen LogP contribution < -0.4 is 10.1 Å². The predicted octanol–water partition coefficient (Wildman–Crippen LogP) is 3.35. The van der Waals surface area contributed by atoms with Gasteiger partial charge in [0, 0.05) is 31.8 Å². The maximum atomic E-state index is 6.29. The van der Waals surface area contributed by atoms with Gasteiger partial charge in [-0.3, -0.25) is 0 Å². The molecule has 2 aliphatic heterocycles. The summed E-state index contributed by atoms with van der Waals surface area (Å²) in [6, 6.07) is 8.34. The molecule has 6 nitrogen and oxygen atoms in total. The molecule has 6 heteroatoms. The van der Waals surface area contributed by atoms with E-state index in [4.69, 9.17) is 19.2 Å². The van der Waals surface area contributed by atoms with E-state index in [0.717, 1.165) is 63.0 Å². The van der Waals surface area contributed by atoms with Crippen LogP contribution in [0.1, 0.15) is 51.0 Å². The molecule has 2 atom stereocenters. The van der Waals surface area contributed by atoms with E-state index in [-0.39, 0.29) is 12.2 Å².